The molecule has 2 fully saturated rings. The van der Waals surface area contributed by atoms with Crippen LogP contribution >= 0.6 is 0 Å². The van der Waals surface area contributed by atoms with Crippen molar-refractivity contribution in [2.45, 2.75) is 95.1 Å². The maximum atomic E-state index is 12.8. The second-order valence-corrected chi connectivity index (χ2v) is 14.2. The molecule has 2 saturated carbocycles. The van der Waals surface area contributed by atoms with Crippen molar-refractivity contribution < 1.29 is 40.3 Å². The molecule has 3 atom stereocenters. The summed E-state index contributed by atoms with van der Waals surface area (Å²) in [5.74, 6) is -2.60. The largest absolute Gasteiger partial charge is 0.442 e. The number of rotatable bonds is 4. The van der Waals surface area contributed by atoms with Crippen molar-refractivity contribution in [3.8, 4) is 0 Å². The van der Waals surface area contributed by atoms with E-state index in [2.05, 4.69) is 4.74 Å². The first-order valence-corrected chi connectivity index (χ1v) is 12.4. The number of esters is 1. The summed E-state index contributed by atoms with van der Waals surface area (Å²) < 4.78 is 87.3. The van der Waals surface area contributed by atoms with Crippen LogP contribution < -0.4 is 0 Å². The van der Waals surface area contributed by atoms with Crippen LogP contribution in [-0.2, 0) is 14.0 Å². The second-order valence-electron chi connectivity index (χ2n) is 9.45. The van der Waals surface area contributed by atoms with Gasteiger partial charge in [-0.2, -0.15) is 26.3 Å². The molecule has 0 bridgehead atoms. The van der Waals surface area contributed by atoms with E-state index in [0.29, 0.717) is 6.42 Å². The summed E-state index contributed by atoms with van der Waals surface area (Å²) in [4.78, 5) is 12.4. The molecule has 0 aromatic rings. The molecular formula is C18H28F6O3Si. The SMILES string of the molecule is CC(C)(C)[Si](C)(C)O[C@]12CCCC[C@H]1C[C@@H]2C(=O)OC(C(F)(F)F)C(F)(F)F. The minimum atomic E-state index is -5.71. The fourth-order valence-corrected chi connectivity index (χ4v) is 5.65. The number of halogens is 6. The van der Waals surface area contributed by atoms with Crippen molar-refractivity contribution in [2.24, 2.45) is 11.8 Å². The van der Waals surface area contributed by atoms with Crippen LogP contribution in [0.25, 0.3) is 0 Å². The minimum Gasteiger partial charge on any atom is -0.442 e. The quantitative estimate of drug-likeness (QED) is 0.310. The van der Waals surface area contributed by atoms with Crippen molar-refractivity contribution in [3.05, 3.63) is 0 Å². The molecule has 2 rings (SSSR count). The van der Waals surface area contributed by atoms with Gasteiger partial charge in [-0.15, -0.1) is 0 Å². The maximum absolute atomic E-state index is 12.8. The van der Waals surface area contributed by atoms with E-state index < -0.39 is 44.3 Å². The molecule has 0 amide bonds. The molecule has 2 aliphatic rings. The third-order valence-electron chi connectivity index (χ3n) is 6.54. The number of ether oxygens (including phenoxy) is 1. The van der Waals surface area contributed by atoms with Crippen LogP contribution in [0.4, 0.5) is 26.3 Å². The van der Waals surface area contributed by atoms with E-state index in [4.69, 9.17) is 4.43 Å². The Kier molecular flexibility index (Phi) is 6.02. The van der Waals surface area contributed by atoms with Crippen LogP contribution in [0, 0.1) is 11.8 Å². The zero-order valence-corrected chi connectivity index (χ0v) is 17.8. The summed E-state index contributed by atoms with van der Waals surface area (Å²) in [5.41, 5.74) is -1.01. The van der Waals surface area contributed by atoms with Gasteiger partial charge >= 0.3 is 18.3 Å². The van der Waals surface area contributed by atoms with Gasteiger partial charge in [0.05, 0.1) is 11.5 Å². The van der Waals surface area contributed by atoms with Gasteiger partial charge in [-0.25, -0.2) is 0 Å². The van der Waals surface area contributed by atoms with Gasteiger partial charge in [0.1, 0.15) is 0 Å². The lowest BCUT2D eigenvalue weighted by atomic mass is 9.55. The third-order valence-corrected chi connectivity index (χ3v) is 11.0. The molecule has 3 nitrogen and oxygen atoms in total. The molecule has 0 spiro atoms. The van der Waals surface area contributed by atoms with Gasteiger partial charge in [-0.1, -0.05) is 33.6 Å². The average molecular weight is 434 g/mol. The van der Waals surface area contributed by atoms with E-state index in [9.17, 15) is 31.1 Å². The summed E-state index contributed by atoms with van der Waals surface area (Å²) >= 11 is 0. The Hall–Kier alpha value is -0.773. The molecule has 0 radical (unpaired) electrons. The van der Waals surface area contributed by atoms with E-state index in [-0.39, 0.29) is 17.4 Å². The normalized spacial score (nSPS) is 29.3. The first-order valence-electron chi connectivity index (χ1n) is 9.46. The maximum Gasteiger partial charge on any atom is 0.434 e. The van der Waals surface area contributed by atoms with E-state index in [0.717, 1.165) is 19.3 Å². The molecule has 0 saturated heterocycles. The van der Waals surface area contributed by atoms with Gasteiger partial charge in [-0.3, -0.25) is 4.79 Å². The van der Waals surface area contributed by atoms with Crippen LogP contribution in [0.1, 0.15) is 52.9 Å². The highest BCUT2D eigenvalue weighted by Gasteiger charge is 2.65. The van der Waals surface area contributed by atoms with Crippen LogP contribution in [-0.4, -0.2) is 38.3 Å². The monoisotopic (exact) mass is 434 g/mol. The van der Waals surface area contributed by atoms with Crippen LogP contribution in [0.2, 0.25) is 18.1 Å². The second kappa shape index (κ2) is 7.18. The van der Waals surface area contributed by atoms with Crippen molar-refractivity contribution in [2.75, 3.05) is 0 Å². The number of carbonyl (C=O) groups is 1. The zero-order chi connectivity index (χ0) is 21.8. The van der Waals surface area contributed by atoms with Crippen molar-refractivity contribution >= 4 is 14.3 Å². The van der Waals surface area contributed by atoms with Gasteiger partial charge in [0.25, 0.3) is 6.10 Å². The lowest BCUT2D eigenvalue weighted by molar-refractivity contribution is -0.317. The van der Waals surface area contributed by atoms with Gasteiger partial charge < -0.3 is 9.16 Å². The smallest absolute Gasteiger partial charge is 0.434 e. The van der Waals surface area contributed by atoms with Crippen LogP contribution in [0.5, 0.6) is 0 Å². The molecule has 0 aliphatic heterocycles. The molecule has 28 heavy (non-hydrogen) atoms. The molecule has 0 heterocycles. The van der Waals surface area contributed by atoms with Crippen molar-refractivity contribution in [3.63, 3.8) is 0 Å². The molecule has 0 aromatic carbocycles. The molecule has 2 aliphatic carbocycles. The zero-order valence-electron chi connectivity index (χ0n) is 16.8. The van der Waals surface area contributed by atoms with E-state index >= 15 is 0 Å². The predicted octanol–water partition coefficient (Wildman–Crippen LogP) is 5.99. The van der Waals surface area contributed by atoms with Crippen molar-refractivity contribution in [1.82, 2.24) is 0 Å². The lowest BCUT2D eigenvalue weighted by Gasteiger charge is -2.60. The third kappa shape index (κ3) is 4.37. The van der Waals surface area contributed by atoms with Gasteiger partial charge in [0.2, 0.25) is 0 Å². The highest BCUT2D eigenvalue weighted by Crippen LogP contribution is 2.58. The molecule has 0 aromatic heterocycles. The summed E-state index contributed by atoms with van der Waals surface area (Å²) in [7, 11) is -2.41. The molecular weight excluding hydrogens is 406 g/mol. The predicted molar refractivity (Wildman–Crippen MR) is 93.1 cm³/mol. The lowest BCUT2D eigenvalue weighted by Crippen LogP contribution is -2.67. The summed E-state index contributed by atoms with van der Waals surface area (Å²) in [5, 5.41) is -0.214. The summed E-state index contributed by atoms with van der Waals surface area (Å²) in [6.07, 6.45) is -12.5. The highest BCUT2D eigenvalue weighted by atomic mass is 28.4. The Labute approximate surface area is 162 Å². The Morgan fingerprint density at radius 1 is 1.04 bits per heavy atom. The molecule has 10 heteroatoms. The van der Waals surface area contributed by atoms with Gasteiger partial charge in [0, 0.05) is 0 Å². The summed E-state index contributed by atoms with van der Waals surface area (Å²) in [6.45, 7) is 9.89. The minimum absolute atomic E-state index is 0.0388. The first-order chi connectivity index (χ1) is 12.4. The number of alkyl halides is 6. The summed E-state index contributed by atoms with van der Waals surface area (Å²) in [6, 6.07) is 0. The van der Waals surface area contributed by atoms with E-state index in [1.54, 1.807) is 0 Å². The Balaban J connectivity index is 2.28. The fourth-order valence-electron chi connectivity index (χ4n) is 3.99. The molecule has 0 N–H and O–H groups in total. The van der Waals surface area contributed by atoms with Crippen LogP contribution in [0.15, 0.2) is 0 Å². The van der Waals surface area contributed by atoms with Gasteiger partial charge in [-0.05, 0) is 43.3 Å². The van der Waals surface area contributed by atoms with Gasteiger partial charge in [0.15, 0.2) is 8.32 Å². The standard InChI is InChI=1S/C18H28F6O3Si/c1-15(2,3)28(4,5)27-16-9-7-6-8-11(16)10-12(16)13(25)26-14(17(19,20)21)18(22,23)24/h11-12,14H,6-10H2,1-5H3/t11-,12+,16+/m0/s1. The number of fused-ring (bicyclic) bond motifs is 1. The first kappa shape index (κ1) is 23.5. The molecule has 0 unspecified atom stereocenters. The van der Waals surface area contributed by atoms with E-state index in [1.165, 1.54) is 0 Å². The Morgan fingerprint density at radius 3 is 2.00 bits per heavy atom. The Morgan fingerprint density at radius 2 is 1.57 bits per heavy atom. The van der Waals surface area contributed by atoms with E-state index in [1.807, 2.05) is 33.9 Å². The van der Waals surface area contributed by atoms with Crippen LogP contribution in [0.3, 0.4) is 0 Å². The number of hydrogen-bond acceptors (Lipinski definition) is 3. The topological polar surface area (TPSA) is 35.5 Å². The molecule has 164 valence electrons. The fraction of sp³-hybridized carbons (Fsp3) is 0.944. The van der Waals surface area contributed by atoms with Crippen molar-refractivity contribution in [1.29, 1.82) is 0 Å². The number of carbonyl (C=O) groups excluding carboxylic acids is 1. The Bertz CT molecular complexity index is 582. The highest BCUT2D eigenvalue weighted by molar-refractivity contribution is 6.74. The average Bonchev–Trinajstić information content (AvgIpc) is 2.45. The number of hydrogen-bond donors (Lipinski definition) is 0.